The maximum Gasteiger partial charge on any atom is 0.250 e. The van der Waals surface area contributed by atoms with Crippen LogP contribution in [0.2, 0.25) is 10.0 Å². The first-order valence-corrected chi connectivity index (χ1v) is 10.7. The molecule has 2 heterocycles. The molecule has 0 spiro atoms. The Morgan fingerprint density at radius 3 is 2.70 bits per heavy atom. The molecular formula is C21H13Cl2N3O2S2. The van der Waals surface area contributed by atoms with E-state index in [0.717, 1.165) is 16.0 Å². The zero-order chi connectivity index (χ0) is 21.1. The van der Waals surface area contributed by atoms with Crippen LogP contribution in [0, 0.1) is 0 Å². The lowest BCUT2D eigenvalue weighted by molar-refractivity contribution is -0.115. The highest BCUT2D eigenvalue weighted by atomic mass is 35.5. The van der Waals surface area contributed by atoms with Crippen molar-refractivity contribution in [3.05, 3.63) is 76.5 Å². The summed E-state index contributed by atoms with van der Waals surface area (Å²) in [6.45, 7) is 0. The Labute approximate surface area is 191 Å². The van der Waals surface area contributed by atoms with Crippen LogP contribution in [0.4, 0.5) is 5.13 Å². The maximum absolute atomic E-state index is 12.1. The van der Waals surface area contributed by atoms with Crippen LogP contribution in [0.5, 0.6) is 0 Å². The third-order valence-corrected chi connectivity index (χ3v) is 5.93. The molecule has 0 aliphatic carbocycles. The monoisotopic (exact) mass is 473 g/mol. The van der Waals surface area contributed by atoms with Crippen molar-refractivity contribution in [1.82, 2.24) is 10.3 Å². The van der Waals surface area contributed by atoms with Crippen molar-refractivity contribution >= 4 is 79.2 Å². The van der Waals surface area contributed by atoms with Crippen molar-refractivity contribution in [2.45, 2.75) is 0 Å². The molecule has 9 heteroatoms. The lowest BCUT2D eigenvalue weighted by Crippen LogP contribution is -2.32. The minimum atomic E-state index is -0.396. The SMILES string of the molecule is O=C(/C=C/c1ccc(-c2ccccc2)o1)NC(=S)Nc1nc2c(Cl)c(Cl)ccc2s1. The molecule has 2 N–H and O–H groups in total. The van der Waals surface area contributed by atoms with Gasteiger partial charge in [-0.1, -0.05) is 64.9 Å². The molecule has 0 radical (unpaired) electrons. The molecule has 0 fully saturated rings. The van der Waals surface area contributed by atoms with Crippen LogP contribution in [0.15, 0.2) is 65.1 Å². The van der Waals surface area contributed by atoms with Gasteiger partial charge >= 0.3 is 0 Å². The molecule has 4 aromatic rings. The average molecular weight is 474 g/mol. The summed E-state index contributed by atoms with van der Waals surface area (Å²) in [7, 11) is 0. The molecule has 2 aromatic heterocycles. The van der Waals surface area contributed by atoms with Crippen LogP contribution in [-0.2, 0) is 4.79 Å². The van der Waals surface area contributed by atoms with Gasteiger partial charge in [0, 0.05) is 11.6 Å². The van der Waals surface area contributed by atoms with Crippen LogP contribution in [0.3, 0.4) is 0 Å². The van der Waals surface area contributed by atoms with E-state index in [1.54, 1.807) is 18.2 Å². The van der Waals surface area contributed by atoms with Crippen molar-refractivity contribution in [3.63, 3.8) is 0 Å². The highest BCUT2D eigenvalue weighted by molar-refractivity contribution is 7.80. The van der Waals surface area contributed by atoms with Crippen LogP contribution in [0.25, 0.3) is 27.6 Å². The predicted octanol–water partition coefficient (Wildman–Crippen LogP) is 6.39. The van der Waals surface area contributed by atoms with Crippen molar-refractivity contribution < 1.29 is 9.21 Å². The molecule has 150 valence electrons. The molecule has 0 aliphatic rings. The molecular weight excluding hydrogens is 461 g/mol. The first-order chi connectivity index (χ1) is 14.5. The van der Waals surface area contributed by atoms with E-state index in [-0.39, 0.29) is 5.11 Å². The second-order valence-electron chi connectivity index (χ2n) is 6.07. The Hall–Kier alpha value is -2.71. The summed E-state index contributed by atoms with van der Waals surface area (Å²) in [5.41, 5.74) is 1.54. The number of hydrogen-bond acceptors (Lipinski definition) is 5. The van der Waals surface area contributed by atoms with Gasteiger partial charge in [-0.2, -0.15) is 0 Å². The van der Waals surface area contributed by atoms with Gasteiger partial charge in [0.25, 0.3) is 0 Å². The molecule has 0 bridgehead atoms. The van der Waals surface area contributed by atoms with Crippen LogP contribution >= 0.6 is 46.8 Å². The van der Waals surface area contributed by atoms with Gasteiger partial charge < -0.3 is 9.73 Å². The maximum atomic E-state index is 12.1. The van der Waals surface area contributed by atoms with Gasteiger partial charge in [-0.15, -0.1) is 0 Å². The van der Waals surface area contributed by atoms with E-state index < -0.39 is 5.91 Å². The summed E-state index contributed by atoms with van der Waals surface area (Å²) in [5, 5.41) is 6.88. The number of furan rings is 1. The topological polar surface area (TPSA) is 67.2 Å². The minimum Gasteiger partial charge on any atom is -0.457 e. The molecule has 5 nitrogen and oxygen atoms in total. The van der Waals surface area contributed by atoms with E-state index in [1.807, 2.05) is 42.5 Å². The fourth-order valence-corrected chi connectivity index (χ4v) is 4.19. The lowest BCUT2D eigenvalue weighted by Gasteiger charge is -2.04. The molecule has 0 unspecified atom stereocenters. The van der Waals surface area contributed by atoms with Crippen LogP contribution in [-0.4, -0.2) is 16.0 Å². The summed E-state index contributed by atoms with van der Waals surface area (Å²) in [4.78, 5) is 16.5. The molecule has 0 aliphatic heterocycles. The molecule has 0 saturated carbocycles. The van der Waals surface area contributed by atoms with Gasteiger partial charge in [0.1, 0.15) is 17.0 Å². The largest absolute Gasteiger partial charge is 0.457 e. The van der Waals surface area contributed by atoms with E-state index in [1.165, 1.54) is 17.4 Å². The number of fused-ring (bicyclic) bond motifs is 1. The van der Waals surface area contributed by atoms with Crippen LogP contribution < -0.4 is 10.6 Å². The highest BCUT2D eigenvalue weighted by Gasteiger charge is 2.11. The van der Waals surface area contributed by atoms with E-state index in [4.69, 9.17) is 39.8 Å². The normalized spacial score (nSPS) is 11.1. The number of halogens is 2. The smallest absolute Gasteiger partial charge is 0.250 e. The number of rotatable bonds is 4. The Morgan fingerprint density at radius 1 is 1.10 bits per heavy atom. The molecule has 30 heavy (non-hydrogen) atoms. The third-order valence-electron chi connectivity index (χ3n) is 3.99. The summed E-state index contributed by atoms with van der Waals surface area (Å²) < 4.78 is 6.58. The molecule has 0 saturated heterocycles. The quantitative estimate of drug-likeness (QED) is 0.265. The first kappa shape index (κ1) is 20.6. The minimum absolute atomic E-state index is 0.121. The third kappa shape index (κ3) is 4.71. The summed E-state index contributed by atoms with van der Waals surface area (Å²) in [5.74, 6) is 0.885. The number of carbonyl (C=O) groups excluding carboxylic acids is 1. The molecule has 0 atom stereocenters. The van der Waals surface area contributed by atoms with E-state index in [9.17, 15) is 4.79 Å². The Bertz CT molecular complexity index is 1270. The Morgan fingerprint density at radius 2 is 1.90 bits per heavy atom. The summed E-state index contributed by atoms with van der Waals surface area (Å²) in [6.07, 6.45) is 2.92. The number of thiazole rings is 1. The summed E-state index contributed by atoms with van der Waals surface area (Å²) in [6, 6.07) is 16.9. The number of nitrogens with zero attached hydrogens (tertiary/aromatic N) is 1. The number of benzene rings is 2. The number of carbonyl (C=O) groups is 1. The van der Waals surface area contributed by atoms with Crippen LogP contribution in [0.1, 0.15) is 5.76 Å². The highest BCUT2D eigenvalue weighted by Crippen LogP contribution is 2.35. The molecule has 1 amide bonds. The first-order valence-electron chi connectivity index (χ1n) is 8.69. The van der Waals surface area contributed by atoms with E-state index in [0.29, 0.717) is 26.5 Å². The zero-order valence-electron chi connectivity index (χ0n) is 15.2. The standard InChI is InChI=1S/C21H13Cl2N3O2S2/c22-14-8-10-16-19(18(14)23)25-21(30-16)26-20(29)24-17(27)11-7-13-6-9-15(28-13)12-4-2-1-3-5-12/h1-11H,(H2,24,25,26,27,29)/b11-7+. The second kappa shape index (κ2) is 8.97. The number of hydrogen-bond donors (Lipinski definition) is 2. The van der Waals surface area contributed by atoms with Crippen molar-refractivity contribution in [2.24, 2.45) is 0 Å². The van der Waals surface area contributed by atoms with Gasteiger partial charge in [0.2, 0.25) is 5.91 Å². The number of nitrogens with one attached hydrogen (secondary N) is 2. The van der Waals surface area contributed by atoms with Gasteiger partial charge in [0.15, 0.2) is 10.2 Å². The predicted molar refractivity (Wildman–Crippen MR) is 127 cm³/mol. The fourth-order valence-electron chi connectivity index (χ4n) is 2.63. The second-order valence-corrected chi connectivity index (χ2v) is 8.30. The number of anilines is 1. The molecule has 2 aromatic carbocycles. The van der Waals surface area contributed by atoms with Gasteiger partial charge in [-0.25, -0.2) is 4.98 Å². The Balaban J connectivity index is 1.36. The van der Waals surface area contributed by atoms with E-state index in [2.05, 4.69) is 15.6 Å². The van der Waals surface area contributed by atoms with Crippen molar-refractivity contribution in [1.29, 1.82) is 0 Å². The summed E-state index contributed by atoms with van der Waals surface area (Å²) >= 11 is 18.7. The zero-order valence-corrected chi connectivity index (χ0v) is 18.3. The number of thiocarbonyl (C=S) groups is 1. The van der Waals surface area contributed by atoms with Gasteiger partial charge in [0.05, 0.1) is 14.7 Å². The average Bonchev–Trinajstić information content (AvgIpc) is 3.37. The van der Waals surface area contributed by atoms with Crippen molar-refractivity contribution in [3.8, 4) is 11.3 Å². The number of amides is 1. The number of aromatic nitrogens is 1. The lowest BCUT2D eigenvalue weighted by atomic mass is 10.2. The van der Waals surface area contributed by atoms with Crippen molar-refractivity contribution in [2.75, 3.05) is 5.32 Å². The van der Waals surface area contributed by atoms with E-state index >= 15 is 0 Å². The fraction of sp³-hybridized carbons (Fsp3) is 0. The molecule has 4 rings (SSSR count). The Kier molecular flexibility index (Phi) is 6.15. The van der Waals surface area contributed by atoms with Gasteiger partial charge in [-0.05, 0) is 42.6 Å². The van der Waals surface area contributed by atoms with Gasteiger partial charge in [-0.3, -0.25) is 10.1 Å².